The maximum atomic E-state index is 11.7. The van der Waals surface area contributed by atoms with E-state index in [0.29, 0.717) is 17.1 Å². The van der Waals surface area contributed by atoms with Crippen molar-refractivity contribution in [1.82, 2.24) is 4.57 Å². The van der Waals surface area contributed by atoms with Crippen LogP contribution in [0.25, 0.3) is 10.9 Å². The van der Waals surface area contributed by atoms with Crippen molar-refractivity contribution in [2.45, 2.75) is 12.6 Å². The topological polar surface area (TPSA) is 60.7 Å². The summed E-state index contributed by atoms with van der Waals surface area (Å²) in [5.41, 5.74) is 3.05. The van der Waals surface area contributed by atoms with Gasteiger partial charge in [-0.2, -0.15) is 0 Å². The third-order valence-corrected chi connectivity index (χ3v) is 5.44. The van der Waals surface area contributed by atoms with Gasteiger partial charge in [0.25, 0.3) is 0 Å². The molecule has 0 aliphatic carbocycles. The molecule has 2 unspecified atom stereocenters. The number of rotatable bonds is 5. The molecule has 0 spiro atoms. The number of esters is 1. The summed E-state index contributed by atoms with van der Waals surface area (Å²) in [6.45, 7) is 4.52. The van der Waals surface area contributed by atoms with Crippen LogP contribution in [0.4, 0.5) is 0 Å². The third kappa shape index (κ3) is 3.28. The van der Waals surface area contributed by atoms with Gasteiger partial charge < -0.3 is 19.1 Å². The minimum absolute atomic E-state index is 0.138. The fourth-order valence-electron chi connectivity index (χ4n) is 3.59. The molecule has 1 saturated heterocycles. The number of benzene rings is 2. The molecule has 0 amide bonds. The summed E-state index contributed by atoms with van der Waals surface area (Å²) in [6.07, 6.45) is 1.03. The van der Waals surface area contributed by atoms with Crippen LogP contribution in [0.2, 0.25) is 5.02 Å². The normalized spacial score (nSPS) is 17.8. The molecule has 3 aromatic rings. The lowest BCUT2D eigenvalue weighted by Crippen LogP contribution is -2.14. The zero-order valence-electron chi connectivity index (χ0n) is 15.4. The van der Waals surface area contributed by atoms with E-state index in [1.165, 1.54) is 0 Å². The van der Waals surface area contributed by atoms with E-state index < -0.39 is 18.0 Å². The quantitative estimate of drug-likeness (QED) is 0.519. The Morgan fingerprint density at radius 3 is 2.71 bits per heavy atom. The van der Waals surface area contributed by atoms with Crippen LogP contribution in [0, 0.1) is 5.92 Å². The van der Waals surface area contributed by atoms with Gasteiger partial charge in [0, 0.05) is 40.4 Å². The highest BCUT2D eigenvalue weighted by atomic mass is 35.5. The van der Waals surface area contributed by atoms with E-state index in [-0.39, 0.29) is 6.61 Å². The number of ether oxygens (including phenoxy) is 2. The summed E-state index contributed by atoms with van der Waals surface area (Å²) in [7, 11) is 1.62. The van der Waals surface area contributed by atoms with Gasteiger partial charge in [-0.15, -0.1) is 0 Å². The van der Waals surface area contributed by atoms with Crippen LogP contribution in [0.5, 0.6) is 5.75 Å². The molecule has 1 fully saturated rings. The molecule has 0 radical (unpaired) electrons. The lowest BCUT2D eigenvalue weighted by Gasteiger charge is -2.15. The number of hydrogen-bond donors (Lipinski definition) is 1. The highest BCUT2D eigenvalue weighted by molar-refractivity contribution is 6.30. The van der Waals surface area contributed by atoms with Crippen molar-refractivity contribution in [3.8, 4) is 5.75 Å². The maximum Gasteiger partial charge on any atom is 0.333 e. The van der Waals surface area contributed by atoms with Crippen LogP contribution >= 0.6 is 11.6 Å². The molecular weight excluding hydrogens is 378 g/mol. The summed E-state index contributed by atoms with van der Waals surface area (Å²) >= 11 is 5.99. The maximum absolute atomic E-state index is 11.7. The van der Waals surface area contributed by atoms with Gasteiger partial charge in [-0.05, 0) is 29.8 Å². The number of aliphatic hydroxyl groups is 1. The highest BCUT2D eigenvalue weighted by Gasteiger charge is 2.36. The fourth-order valence-corrected chi connectivity index (χ4v) is 3.71. The Balaban J connectivity index is 1.77. The van der Waals surface area contributed by atoms with Crippen molar-refractivity contribution in [2.24, 2.45) is 5.92 Å². The SMILES string of the molecule is C=C1C(=O)OCC1C(O)c1cn(Cc2ccc(Cl)cc2)c2cc(OC)ccc12. The molecule has 4 rings (SSSR count). The number of nitrogens with zero attached hydrogens (tertiary/aromatic N) is 1. The number of hydrogen-bond acceptors (Lipinski definition) is 4. The Labute approximate surface area is 167 Å². The number of aromatic nitrogens is 1. The van der Waals surface area contributed by atoms with Gasteiger partial charge in [-0.25, -0.2) is 4.79 Å². The third-order valence-electron chi connectivity index (χ3n) is 5.19. The van der Waals surface area contributed by atoms with Crippen molar-refractivity contribution < 1.29 is 19.4 Å². The Hall–Kier alpha value is -2.76. The van der Waals surface area contributed by atoms with Crippen LogP contribution in [0.1, 0.15) is 17.2 Å². The molecule has 0 saturated carbocycles. The van der Waals surface area contributed by atoms with E-state index in [4.69, 9.17) is 21.1 Å². The first-order valence-corrected chi connectivity index (χ1v) is 9.31. The Kier molecular flexibility index (Phi) is 4.87. The van der Waals surface area contributed by atoms with Gasteiger partial charge in [0.15, 0.2) is 0 Å². The highest BCUT2D eigenvalue weighted by Crippen LogP contribution is 2.37. The van der Waals surface area contributed by atoms with E-state index in [1.54, 1.807) is 7.11 Å². The first kappa shape index (κ1) is 18.6. The average molecular weight is 398 g/mol. The van der Waals surface area contributed by atoms with Crippen molar-refractivity contribution >= 4 is 28.5 Å². The molecule has 1 N–H and O–H groups in total. The number of carbonyl (C=O) groups is 1. The van der Waals surface area contributed by atoms with Crippen LogP contribution in [-0.2, 0) is 16.1 Å². The molecule has 0 bridgehead atoms. The molecule has 1 aliphatic rings. The summed E-state index contributed by atoms with van der Waals surface area (Å²) in [5.74, 6) is -0.174. The van der Waals surface area contributed by atoms with Crippen LogP contribution in [0.15, 0.2) is 60.8 Å². The van der Waals surface area contributed by atoms with Gasteiger partial charge in [-0.1, -0.05) is 30.3 Å². The van der Waals surface area contributed by atoms with Crippen LogP contribution in [-0.4, -0.2) is 29.4 Å². The Morgan fingerprint density at radius 1 is 1.32 bits per heavy atom. The van der Waals surface area contributed by atoms with E-state index in [0.717, 1.165) is 27.8 Å². The second-order valence-corrected chi connectivity index (χ2v) is 7.33. The van der Waals surface area contributed by atoms with Gasteiger partial charge in [0.2, 0.25) is 0 Å². The Bertz CT molecular complexity index is 1050. The molecule has 2 heterocycles. The van der Waals surface area contributed by atoms with Crippen molar-refractivity contribution in [3.63, 3.8) is 0 Å². The van der Waals surface area contributed by atoms with E-state index >= 15 is 0 Å². The number of halogens is 1. The number of aliphatic hydroxyl groups excluding tert-OH is 1. The zero-order chi connectivity index (χ0) is 19.8. The van der Waals surface area contributed by atoms with Gasteiger partial charge in [-0.3, -0.25) is 0 Å². The first-order valence-electron chi connectivity index (χ1n) is 8.93. The van der Waals surface area contributed by atoms with Gasteiger partial charge in [0.05, 0.1) is 24.6 Å². The second kappa shape index (κ2) is 7.34. The molecule has 1 aliphatic heterocycles. The fraction of sp³-hybridized carbons (Fsp3) is 0.227. The lowest BCUT2D eigenvalue weighted by molar-refractivity contribution is -0.135. The molecule has 28 heavy (non-hydrogen) atoms. The Morgan fingerprint density at radius 2 is 2.07 bits per heavy atom. The predicted octanol–water partition coefficient (Wildman–Crippen LogP) is 4.11. The van der Waals surface area contributed by atoms with Crippen molar-refractivity contribution in [3.05, 3.63) is 77.0 Å². The summed E-state index contributed by atoms with van der Waals surface area (Å²) < 4.78 is 12.5. The molecular formula is C22H20ClNO4. The molecule has 1 aromatic heterocycles. The summed E-state index contributed by atoms with van der Waals surface area (Å²) in [4.78, 5) is 11.7. The smallest absolute Gasteiger partial charge is 0.333 e. The van der Waals surface area contributed by atoms with Crippen molar-refractivity contribution in [1.29, 1.82) is 0 Å². The molecule has 144 valence electrons. The number of fused-ring (bicyclic) bond motifs is 1. The summed E-state index contributed by atoms with van der Waals surface area (Å²) in [5, 5.41) is 12.6. The summed E-state index contributed by atoms with van der Waals surface area (Å²) in [6, 6.07) is 13.4. The first-order chi connectivity index (χ1) is 13.5. The van der Waals surface area contributed by atoms with E-state index in [1.807, 2.05) is 48.7 Å². The predicted molar refractivity (Wildman–Crippen MR) is 108 cm³/mol. The van der Waals surface area contributed by atoms with Gasteiger partial charge in [0.1, 0.15) is 12.4 Å². The van der Waals surface area contributed by atoms with E-state index in [2.05, 4.69) is 11.1 Å². The van der Waals surface area contributed by atoms with Crippen molar-refractivity contribution in [2.75, 3.05) is 13.7 Å². The van der Waals surface area contributed by atoms with E-state index in [9.17, 15) is 9.90 Å². The largest absolute Gasteiger partial charge is 0.497 e. The zero-order valence-corrected chi connectivity index (χ0v) is 16.1. The van der Waals surface area contributed by atoms with Gasteiger partial charge >= 0.3 is 5.97 Å². The molecule has 2 aromatic carbocycles. The minimum Gasteiger partial charge on any atom is -0.497 e. The molecule has 2 atom stereocenters. The molecule has 5 nitrogen and oxygen atoms in total. The molecule has 6 heteroatoms. The standard InChI is InChI=1S/C22H20ClNO4/c1-13-19(12-28-22(13)26)21(25)18-11-24(10-14-3-5-15(23)6-4-14)20-9-16(27-2)7-8-17(18)20/h3-9,11,19,21,25H,1,10,12H2,2H3. The second-order valence-electron chi connectivity index (χ2n) is 6.90. The number of methoxy groups -OCH3 is 1. The average Bonchev–Trinajstić information content (AvgIpc) is 3.23. The minimum atomic E-state index is -0.888. The lowest BCUT2D eigenvalue weighted by atomic mass is 9.92. The van der Waals surface area contributed by atoms with Crippen LogP contribution < -0.4 is 4.74 Å². The number of cyclic esters (lactones) is 1. The monoisotopic (exact) mass is 397 g/mol. The number of carbonyl (C=O) groups excluding carboxylic acids is 1. The van der Waals surface area contributed by atoms with Crippen LogP contribution in [0.3, 0.4) is 0 Å².